The third-order valence-corrected chi connectivity index (χ3v) is 6.37. The first-order valence-electron chi connectivity index (χ1n) is 11.2. The number of ketones is 1. The van der Waals surface area contributed by atoms with Gasteiger partial charge >= 0.3 is 0 Å². The lowest BCUT2D eigenvalue weighted by Gasteiger charge is -2.11. The monoisotopic (exact) mass is 424 g/mol. The lowest BCUT2D eigenvalue weighted by molar-refractivity contribution is -0.672. The molecule has 1 aliphatic rings. The molecule has 0 aliphatic carbocycles. The quantitative estimate of drug-likeness (QED) is 0.232. The van der Waals surface area contributed by atoms with E-state index in [1.165, 1.54) is 33.4 Å². The molecule has 2 heteroatoms. The number of benzene rings is 4. The largest absolute Gasteiger partial charge is 0.288 e. The van der Waals surface area contributed by atoms with Crippen LogP contribution in [0.4, 0.5) is 0 Å². The molecule has 0 bridgehead atoms. The van der Waals surface area contributed by atoms with Crippen LogP contribution in [0.15, 0.2) is 121 Å². The Morgan fingerprint density at radius 2 is 1.24 bits per heavy atom. The zero-order valence-electron chi connectivity index (χ0n) is 18.1. The molecule has 0 N–H and O–H groups in total. The zero-order chi connectivity index (χ0) is 22.2. The van der Waals surface area contributed by atoms with Crippen LogP contribution in [-0.2, 0) is 6.54 Å². The number of carbonyl (C=O) groups excluding carboxylic acids is 1. The maximum atomic E-state index is 12.9. The van der Waals surface area contributed by atoms with Crippen LogP contribution < -0.4 is 4.57 Å². The molecular formula is C31H22NO+. The number of hydrogen-bond donors (Lipinski definition) is 0. The van der Waals surface area contributed by atoms with E-state index in [9.17, 15) is 4.79 Å². The van der Waals surface area contributed by atoms with Crippen molar-refractivity contribution < 1.29 is 9.36 Å². The summed E-state index contributed by atoms with van der Waals surface area (Å²) in [6.45, 7) is 0.779. The third kappa shape index (κ3) is 3.46. The van der Waals surface area contributed by atoms with Crippen LogP contribution in [0, 0.1) is 0 Å². The molecule has 33 heavy (non-hydrogen) atoms. The fourth-order valence-electron chi connectivity index (χ4n) is 4.72. The Balaban J connectivity index is 1.39. The fourth-order valence-corrected chi connectivity index (χ4v) is 4.72. The van der Waals surface area contributed by atoms with Gasteiger partial charge in [0.1, 0.15) is 0 Å². The molecule has 2 nitrogen and oxygen atoms in total. The first-order valence-corrected chi connectivity index (χ1v) is 11.2. The molecule has 0 unspecified atom stereocenters. The SMILES string of the molecule is O=C(c1ccccc1)c1ccc2[n+](c1)Cc1ccc(-c3ccccc3-c3ccccc3)cc1-2. The number of carbonyl (C=O) groups is 1. The molecule has 1 aromatic heterocycles. The van der Waals surface area contributed by atoms with Crippen LogP contribution in [-0.4, -0.2) is 5.78 Å². The van der Waals surface area contributed by atoms with E-state index >= 15 is 0 Å². The second kappa shape index (κ2) is 7.99. The fraction of sp³-hybridized carbons (Fsp3) is 0.0323. The van der Waals surface area contributed by atoms with Gasteiger partial charge in [0.2, 0.25) is 5.69 Å². The highest BCUT2D eigenvalue weighted by atomic mass is 16.1. The average molecular weight is 425 g/mol. The Kier molecular flexibility index (Phi) is 4.70. The lowest BCUT2D eigenvalue weighted by Crippen LogP contribution is -2.33. The van der Waals surface area contributed by atoms with Crippen molar-refractivity contribution in [3.05, 3.63) is 138 Å². The molecule has 6 rings (SSSR count). The van der Waals surface area contributed by atoms with Crippen LogP contribution in [0.1, 0.15) is 21.5 Å². The highest BCUT2D eigenvalue weighted by molar-refractivity contribution is 6.08. The van der Waals surface area contributed by atoms with Gasteiger partial charge in [-0.3, -0.25) is 4.79 Å². The van der Waals surface area contributed by atoms with E-state index in [0.29, 0.717) is 11.1 Å². The number of pyridine rings is 1. The summed E-state index contributed by atoms with van der Waals surface area (Å²) in [6, 6.07) is 39.3. The summed E-state index contributed by atoms with van der Waals surface area (Å²) in [5, 5.41) is 0. The lowest BCUT2D eigenvalue weighted by atomic mass is 9.92. The first-order chi connectivity index (χ1) is 16.3. The summed E-state index contributed by atoms with van der Waals surface area (Å²) in [5.41, 5.74) is 9.95. The molecular weight excluding hydrogens is 402 g/mol. The van der Waals surface area contributed by atoms with E-state index < -0.39 is 0 Å². The average Bonchev–Trinajstić information content (AvgIpc) is 3.26. The second-order valence-electron chi connectivity index (χ2n) is 8.41. The van der Waals surface area contributed by atoms with Crippen molar-refractivity contribution in [1.29, 1.82) is 0 Å². The Bertz CT molecular complexity index is 1490. The minimum absolute atomic E-state index is 0.0549. The molecule has 0 fully saturated rings. The van der Waals surface area contributed by atoms with Crippen molar-refractivity contribution >= 4 is 5.78 Å². The van der Waals surface area contributed by atoms with Crippen molar-refractivity contribution in [2.24, 2.45) is 0 Å². The van der Waals surface area contributed by atoms with Gasteiger partial charge in [-0.15, -0.1) is 0 Å². The highest BCUT2D eigenvalue weighted by Gasteiger charge is 2.28. The molecule has 2 heterocycles. The number of fused-ring (bicyclic) bond motifs is 3. The van der Waals surface area contributed by atoms with Crippen molar-refractivity contribution in [3.8, 4) is 33.5 Å². The van der Waals surface area contributed by atoms with Gasteiger partial charge in [0.15, 0.2) is 18.5 Å². The normalized spacial score (nSPS) is 11.6. The first kappa shape index (κ1) is 19.4. The maximum Gasteiger partial charge on any atom is 0.213 e. The van der Waals surface area contributed by atoms with Gasteiger partial charge < -0.3 is 0 Å². The molecule has 0 amide bonds. The smallest absolute Gasteiger partial charge is 0.213 e. The van der Waals surface area contributed by atoms with Crippen molar-refractivity contribution in [2.45, 2.75) is 6.54 Å². The van der Waals surface area contributed by atoms with Crippen LogP contribution in [0.3, 0.4) is 0 Å². The summed E-state index contributed by atoms with van der Waals surface area (Å²) >= 11 is 0. The Labute approximate surface area is 193 Å². The van der Waals surface area contributed by atoms with E-state index in [1.807, 2.05) is 48.7 Å². The minimum Gasteiger partial charge on any atom is -0.288 e. The highest BCUT2D eigenvalue weighted by Crippen LogP contribution is 2.36. The predicted molar refractivity (Wildman–Crippen MR) is 132 cm³/mol. The molecule has 0 saturated heterocycles. The van der Waals surface area contributed by atoms with Gasteiger partial charge in [-0.1, -0.05) is 97.1 Å². The summed E-state index contributed by atoms with van der Waals surface area (Å²) in [7, 11) is 0. The molecule has 1 aliphatic heterocycles. The summed E-state index contributed by atoms with van der Waals surface area (Å²) in [4.78, 5) is 12.9. The number of rotatable bonds is 4. The second-order valence-corrected chi connectivity index (χ2v) is 8.41. The standard InChI is InChI=1S/C31H22NO/c33-31(23-11-5-2-6-12-23)26-17-18-30-29-19-24(15-16-25(29)20-32(30)21-26)28-14-8-7-13-27(28)22-9-3-1-4-10-22/h1-19,21H,20H2/q+1. The van der Waals surface area contributed by atoms with Crippen molar-refractivity contribution in [3.63, 3.8) is 0 Å². The molecule has 156 valence electrons. The number of hydrogen-bond acceptors (Lipinski definition) is 1. The van der Waals surface area contributed by atoms with Gasteiger partial charge in [-0.05, 0) is 34.4 Å². The molecule has 0 spiro atoms. The van der Waals surface area contributed by atoms with Gasteiger partial charge in [0.05, 0.1) is 11.1 Å². The Morgan fingerprint density at radius 3 is 2.00 bits per heavy atom. The van der Waals surface area contributed by atoms with Gasteiger partial charge in [-0.2, -0.15) is 4.57 Å². The number of aromatic nitrogens is 1. The molecule has 5 aromatic rings. The van der Waals surface area contributed by atoms with Crippen LogP contribution >= 0.6 is 0 Å². The van der Waals surface area contributed by atoms with E-state index in [0.717, 1.165) is 12.2 Å². The predicted octanol–water partition coefficient (Wildman–Crippen LogP) is 6.57. The maximum absolute atomic E-state index is 12.9. The van der Waals surface area contributed by atoms with Crippen LogP contribution in [0.2, 0.25) is 0 Å². The zero-order valence-corrected chi connectivity index (χ0v) is 18.1. The summed E-state index contributed by atoms with van der Waals surface area (Å²) < 4.78 is 2.19. The van der Waals surface area contributed by atoms with E-state index in [2.05, 4.69) is 77.4 Å². The topological polar surface area (TPSA) is 20.9 Å². The van der Waals surface area contributed by atoms with Gasteiger partial charge in [0, 0.05) is 17.2 Å². The van der Waals surface area contributed by atoms with Gasteiger partial charge in [0.25, 0.3) is 0 Å². The summed E-state index contributed by atoms with van der Waals surface area (Å²) in [5.74, 6) is 0.0549. The van der Waals surface area contributed by atoms with Crippen LogP contribution in [0.5, 0.6) is 0 Å². The summed E-state index contributed by atoms with van der Waals surface area (Å²) in [6.07, 6.45) is 1.99. The molecule has 4 aromatic carbocycles. The molecule has 0 saturated carbocycles. The minimum atomic E-state index is 0.0549. The molecule has 0 radical (unpaired) electrons. The van der Waals surface area contributed by atoms with E-state index in [-0.39, 0.29) is 5.78 Å². The Morgan fingerprint density at radius 1 is 0.576 bits per heavy atom. The van der Waals surface area contributed by atoms with E-state index in [4.69, 9.17) is 0 Å². The Hall–Kier alpha value is -4.30. The molecule has 0 atom stereocenters. The van der Waals surface area contributed by atoms with Crippen molar-refractivity contribution in [1.82, 2.24) is 0 Å². The van der Waals surface area contributed by atoms with E-state index in [1.54, 1.807) is 0 Å². The van der Waals surface area contributed by atoms with Crippen molar-refractivity contribution in [2.75, 3.05) is 0 Å². The number of nitrogens with zero attached hydrogens (tertiary/aromatic N) is 1. The van der Waals surface area contributed by atoms with Gasteiger partial charge in [-0.25, -0.2) is 0 Å². The van der Waals surface area contributed by atoms with Crippen LogP contribution in [0.25, 0.3) is 33.5 Å². The third-order valence-electron chi connectivity index (χ3n) is 6.37.